The van der Waals surface area contributed by atoms with Gasteiger partial charge in [0.25, 0.3) is 0 Å². The lowest BCUT2D eigenvalue weighted by atomic mass is 9.98. The minimum absolute atomic E-state index is 0.0885. The van der Waals surface area contributed by atoms with E-state index in [-0.39, 0.29) is 18.9 Å². The van der Waals surface area contributed by atoms with Crippen LogP contribution < -0.4 is 10.6 Å². The van der Waals surface area contributed by atoms with Crippen molar-refractivity contribution in [2.24, 2.45) is 0 Å². The Morgan fingerprint density at radius 1 is 1.00 bits per heavy atom. The Hall–Kier alpha value is -3.39. The molecular weight excluding hydrogens is 412 g/mol. The average molecular weight is 440 g/mol. The molecule has 0 aromatic heterocycles. The van der Waals surface area contributed by atoms with Crippen LogP contribution in [0.1, 0.15) is 36.8 Å². The van der Waals surface area contributed by atoms with E-state index in [4.69, 9.17) is 9.47 Å². The smallest absolute Gasteiger partial charge is 0.407 e. The van der Waals surface area contributed by atoms with E-state index in [1.807, 2.05) is 48.5 Å². The summed E-state index contributed by atoms with van der Waals surface area (Å²) in [5.74, 6) is -1.82. The van der Waals surface area contributed by atoms with Crippen LogP contribution in [-0.4, -0.2) is 55.5 Å². The lowest BCUT2D eigenvalue weighted by molar-refractivity contribution is -0.142. The zero-order valence-corrected chi connectivity index (χ0v) is 18.2. The minimum Gasteiger partial charge on any atom is -0.480 e. The van der Waals surface area contributed by atoms with Gasteiger partial charge in [0, 0.05) is 19.6 Å². The number of nitrogens with one attached hydrogen (secondary N) is 2. The van der Waals surface area contributed by atoms with Crippen molar-refractivity contribution in [3.8, 4) is 11.1 Å². The molecule has 0 heterocycles. The number of hydrogen-bond donors (Lipinski definition) is 3. The van der Waals surface area contributed by atoms with Crippen molar-refractivity contribution in [3.05, 3.63) is 59.7 Å². The number of carboxylic acid groups (broad SMARTS) is 1. The molecule has 2 atom stereocenters. The van der Waals surface area contributed by atoms with Crippen molar-refractivity contribution in [2.45, 2.75) is 37.8 Å². The van der Waals surface area contributed by atoms with E-state index in [9.17, 15) is 19.5 Å². The molecule has 2 aromatic rings. The molecule has 32 heavy (non-hydrogen) atoms. The molecule has 1 aliphatic rings. The van der Waals surface area contributed by atoms with Crippen LogP contribution in [0.2, 0.25) is 0 Å². The lowest BCUT2D eigenvalue weighted by Crippen LogP contribution is -2.50. The summed E-state index contributed by atoms with van der Waals surface area (Å²) >= 11 is 0. The number of rotatable bonds is 10. The molecule has 0 bridgehead atoms. The van der Waals surface area contributed by atoms with Crippen LogP contribution in [-0.2, 0) is 19.1 Å². The maximum atomic E-state index is 12.3. The van der Waals surface area contributed by atoms with Crippen LogP contribution >= 0.6 is 0 Å². The molecule has 2 aromatic carbocycles. The van der Waals surface area contributed by atoms with Crippen LogP contribution in [0.15, 0.2) is 48.5 Å². The molecule has 0 radical (unpaired) electrons. The molecule has 0 aliphatic heterocycles. The molecule has 3 rings (SSSR count). The third-order valence-corrected chi connectivity index (χ3v) is 5.53. The Bertz CT molecular complexity index is 931. The highest BCUT2D eigenvalue weighted by atomic mass is 16.5. The predicted molar refractivity (Wildman–Crippen MR) is 118 cm³/mol. The van der Waals surface area contributed by atoms with E-state index in [0.29, 0.717) is 13.0 Å². The van der Waals surface area contributed by atoms with E-state index in [0.717, 1.165) is 22.3 Å². The number of benzene rings is 2. The van der Waals surface area contributed by atoms with E-state index >= 15 is 0 Å². The van der Waals surface area contributed by atoms with E-state index in [2.05, 4.69) is 10.6 Å². The zero-order valence-electron chi connectivity index (χ0n) is 18.2. The van der Waals surface area contributed by atoms with Crippen LogP contribution in [0.4, 0.5) is 4.79 Å². The minimum atomic E-state index is -1.14. The van der Waals surface area contributed by atoms with Gasteiger partial charge in [0.1, 0.15) is 18.7 Å². The van der Waals surface area contributed by atoms with Gasteiger partial charge in [-0.3, -0.25) is 4.79 Å². The number of carbonyl (C=O) groups excluding carboxylic acids is 2. The van der Waals surface area contributed by atoms with Gasteiger partial charge >= 0.3 is 12.1 Å². The summed E-state index contributed by atoms with van der Waals surface area (Å²) in [6.45, 7) is 2.00. The van der Waals surface area contributed by atoms with Gasteiger partial charge in [0.15, 0.2) is 0 Å². The van der Waals surface area contributed by atoms with Gasteiger partial charge in [-0.15, -0.1) is 0 Å². The second-order valence-electron chi connectivity index (χ2n) is 7.73. The highest BCUT2D eigenvalue weighted by Crippen LogP contribution is 2.44. The monoisotopic (exact) mass is 440 g/mol. The molecule has 8 heteroatoms. The first kappa shape index (κ1) is 23.3. The number of alkyl carbamates (subject to hydrolysis) is 1. The quantitative estimate of drug-likeness (QED) is 0.490. The maximum Gasteiger partial charge on any atom is 0.407 e. The Labute approximate surface area is 186 Å². The van der Waals surface area contributed by atoms with Crippen molar-refractivity contribution in [1.82, 2.24) is 10.6 Å². The van der Waals surface area contributed by atoms with E-state index in [1.54, 1.807) is 0 Å². The lowest BCUT2D eigenvalue weighted by Gasteiger charge is -2.19. The SMILES string of the molecule is COCCCC(NC(=O)C(C)NC(=O)OCC1c2ccccc2-c2ccccc21)C(=O)O. The fourth-order valence-electron chi connectivity index (χ4n) is 3.87. The maximum absolute atomic E-state index is 12.3. The van der Waals surface area contributed by atoms with Gasteiger partial charge < -0.3 is 25.2 Å². The fraction of sp³-hybridized carbons (Fsp3) is 0.375. The van der Waals surface area contributed by atoms with Crippen molar-refractivity contribution in [2.75, 3.05) is 20.3 Å². The summed E-state index contributed by atoms with van der Waals surface area (Å²) < 4.78 is 10.3. The first-order chi connectivity index (χ1) is 15.4. The van der Waals surface area contributed by atoms with Gasteiger partial charge in [-0.25, -0.2) is 9.59 Å². The van der Waals surface area contributed by atoms with Crippen molar-refractivity contribution in [1.29, 1.82) is 0 Å². The molecule has 0 spiro atoms. The second kappa shape index (κ2) is 10.8. The number of carbonyl (C=O) groups is 3. The Balaban J connectivity index is 1.54. The number of hydrogen-bond acceptors (Lipinski definition) is 5. The Morgan fingerprint density at radius 2 is 1.59 bits per heavy atom. The summed E-state index contributed by atoms with van der Waals surface area (Å²) in [5, 5.41) is 14.2. The molecule has 2 unspecified atom stereocenters. The van der Waals surface area contributed by atoms with Gasteiger partial charge in [-0.05, 0) is 42.0 Å². The van der Waals surface area contributed by atoms with Gasteiger partial charge in [-0.1, -0.05) is 48.5 Å². The first-order valence-electron chi connectivity index (χ1n) is 10.6. The highest BCUT2D eigenvalue weighted by molar-refractivity contribution is 5.89. The van der Waals surface area contributed by atoms with Crippen LogP contribution in [0, 0.1) is 0 Å². The summed E-state index contributed by atoms with van der Waals surface area (Å²) in [4.78, 5) is 36.0. The molecule has 8 nitrogen and oxygen atoms in total. The highest BCUT2D eigenvalue weighted by Gasteiger charge is 2.29. The summed E-state index contributed by atoms with van der Waals surface area (Å²) in [6.07, 6.45) is -0.0186. The molecule has 0 saturated heterocycles. The fourth-order valence-corrected chi connectivity index (χ4v) is 3.87. The second-order valence-corrected chi connectivity index (χ2v) is 7.73. The Kier molecular flexibility index (Phi) is 7.83. The predicted octanol–water partition coefficient (Wildman–Crippen LogP) is 2.91. The van der Waals surface area contributed by atoms with Crippen LogP contribution in [0.3, 0.4) is 0 Å². The third-order valence-electron chi connectivity index (χ3n) is 5.53. The normalized spacial score (nSPS) is 14.1. The largest absolute Gasteiger partial charge is 0.480 e. The molecule has 1 aliphatic carbocycles. The van der Waals surface area contributed by atoms with Gasteiger partial charge in [0.05, 0.1) is 0 Å². The molecule has 170 valence electrons. The van der Waals surface area contributed by atoms with Gasteiger partial charge in [-0.2, -0.15) is 0 Å². The zero-order chi connectivity index (χ0) is 23.1. The van der Waals surface area contributed by atoms with E-state index < -0.39 is 30.1 Å². The molecular formula is C24H28N2O6. The summed E-state index contributed by atoms with van der Waals surface area (Å²) in [7, 11) is 1.52. The number of carboxylic acids is 1. The first-order valence-corrected chi connectivity index (χ1v) is 10.6. The number of aliphatic carboxylic acids is 1. The van der Waals surface area contributed by atoms with Crippen LogP contribution in [0.25, 0.3) is 11.1 Å². The van der Waals surface area contributed by atoms with Crippen LogP contribution in [0.5, 0.6) is 0 Å². The van der Waals surface area contributed by atoms with Crippen molar-refractivity contribution in [3.63, 3.8) is 0 Å². The molecule has 2 amide bonds. The average Bonchev–Trinajstić information content (AvgIpc) is 3.10. The van der Waals surface area contributed by atoms with Gasteiger partial charge in [0.2, 0.25) is 5.91 Å². The third kappa shape index (κ3) is 5.45. The summed E-state index contributed by atoms with van der Waals surface area (Å²) in [6, 6.07) is 14.0. The number of amides is 2. The topological polar surface area (TPSA) is 114 Å². The molecule has 0 fully saturated rings. The number of fused-ring (bicyclic) bond motifs is 3. The van der Waals surface area contributed by atoms with Crippen molar-refractivity contribution >= 4 is 18.0 Å². The summed E-state index contributed by atoms with van der Waals surface area (Å²) in [5.41, 5.74) is 4.43. The molecule has 3 N–H and O–H groups in total. The number of ether oxygens (including phenoxy) is 2. The standard InChI is InChI=1S/C24H28N2O6/c1-15(22(27)26-21(23(28)29)12-7-13-31-2)25-24(30)32-14-20-18-10-5-3-8-16(18)17-9-4-6-11-19(17)20/h3-6,8-11,15,20-21H,7,12-14H2,1-2H3,(H,25,30)(H,26,27)(H,28,29). The Morgan fingerprint density at radius 3 is 2.16 bits per heavy atom. The molecule has 0 saturated carbocycles. The van der Waals surface area contributed by atoms with E-state index in [1.165, 1.54) is 14.0 Å². The van der Waals surface area contributed by atoms with Crippen molar-refractivity contribution < 1.29 is 29.0 Å². The number of methoxy groups -OCH3 is 1.